The lowest BCUT2D eigenvalue weighted by atomic mass is 10.1. The van der Waals surface area contributed by atoms with Gasteiger partial charge in [-0.15, -0.1) is 0 Å². The number of anilines is 1. The Morgan fingerprint density at radius 3 is 2.47 bits per heavy atom. The van der Waals surface area contributed by atoms with Gasteiger partial charge in [0.05, 0.1) is 18.5 Å². The highest BCUT2D eigenvalue weighted by Gasteiger charge is 2.51. The molecule has 34 heavy (non-hydrogen) atoms. The number of ether oxygens (including phenoxy) is 4. The van der Waals surface area contributed by atoms with Crippen LogP contribution in [-0.4, -0.2) is 79.6 Å². The van der Waals surface area contributed by atoms with Crippen molar-refractivity contribution in [2.24, 2.45) is 0 Å². The van der Waals surface area contributed by atoms with E-state index in [0.29, 0.717) is 23.4 Å². The van der Waals surface area contributed by atoms with E-state index in [1.54, 1.807) is 4.57 Å². The summed E-state index contributed by atoms with van der Waals surface area (Å²) in [5, 5.41) is 13.4. The van der Waals surface area contributed by atoms with E-state index in [1.807, 2.05) is 0 Å². The van der Waals surface area contributed by atoms with Gasteiger partial charge in [0.25, 0.3) is 0 Å². The predicted molar refractivity (Wildman–Crippen MR) is 114 cm³/mol. The lowest BCUT2D eigenvalue weighted by Gasteiger charge is -2.23. The van der Waals surface area contributed by atoms with Crippen LogP contribution >= 0.6 is 0 Å². The van der Waals surface area contributed by atoms with Gasteiger partial charge in [0.2, 0.25) is 0 Å². The van der Waals surface area contributed by atoms with Crippen LogP contribution in [0.3, 0.4) is 0 Å². The van der Waals surface area contributed by atoms with Gasteiger partial charge in [-0.3, -0.25) is 19.0 Å². The van der Waals surface area contributed by atoms with E-state index in [1.165, 1.54) is 33.4 Å². The zero-order valence-electron chi connectivity index (χ0n) is 19.0. The number of esters is 3. The van der Waals surface area contributed by atoms with E-state index in [2.05, 4.69) is 20.3 Å². The van der Waals surface area contributed by atoms with Crippen LogP contribution in [0.2, 0.25) is 0 Å². The van der Waals surface area contributed by atoms with Gasteiger partial charge in [-0.25, -0.2) is 15.0 Å². The molecule has 2 aliphatic rings. The quantitative estimate of drug-likeness (QED) is 0.419. The van der Waals surface area contributed by atoms with Gasteiger partial charge in [-0.2, -0.15) is 0 Å². The third kappa shape index (κ3) is 4.94. The Morgan fingerprint density at radius 2 is 1.82 bits per heavy atom. The first-order chi connectivity index (χ1) is 16.2. The largest absolute Gasteiger partial charge is 0.463 e. The molecule has 13 heteroatoms. The Hall–Kier alpha value is -3.32. The van der Waals surface area contributed by atoms with Crippen molar-refractivity contribution in [3.8, 4) is 0 Å². The maximum absolute atomic E-state index is 11.9. The van der Waals surface area contributed by atoms with E-state index >= 15 is 0 Å². The second-order valence-electron chi connectivity index (χ2n) is 8.31. The summed E-state index contributed by atoms with van der Waals surface area (Å²) in [4.78, 5) is 48.0. The standard InChI is InChI=1S/C21H27N5O8/c1-10(27)31-7-15-17(32-11(2)28)18(33-12(3)29)21(34-15)26-9-24-16-19(22-8-23-20(16)26)25-13-5-4-6-14(13)30/h8-9,13-15,17-18,21,30H,4-7H2,1-3H3,(H,22,23,25)/t13-,14-,15+,17+,18+,21+/m0/s1. The summed E-state index contributed by atoms with van der Waals surface area (Å²) >= 11 is 0. The zero-order chi connectivity index (χ0) is 24.4. The SMILES string of the molecule is CC(=O)OC[C@H]1O[C@@H](n2cnc3c(N[C@H]4CCC[C@@H]4O)ncnc32)[C@H](OC(C)=O)[C@@H]1OC(C)=O. The van der Waals surface area contributed by atoms with Gasteiger partial charge in [0, 0.05) is 20.8 Å². The first kappa shape index (κ1) is 23.8. The molecule has 2 fully saturated rings. The minimum Gasteiger partial charge on any atom is -0.463 e. The van der Waals surface area contributed by atoms with Crippen LogP contribution in [0.15, 0.2) is 12.7 Å². The van der Waals surface area contributed by atoms with Crippen LogP contribution in [0.25, 0.3) is 11.2 Å². The molecule has 1 aliphatic carbocycles. The van der Waals surface area contributed by atoms with Crippen LogP contribution in [0, 0.1) is 0 Å². The summed E-state index contributed by atoms with van der Waals surface area (Å²) in [7, 11) is 0. The lowest BCUT2D eigenvalue weighted by Crippen LogP contribution is -2.40. The monoisotopic (exact) mass is 477 g/mol. The second-order valence-corrected chi connectivity index (χ2v) is 8.31. The van der Waals surface area contributed by atoms with E-state index in [4.69, 9.17) is 18.9 Å². The van der Waals surface area contributed by atoms with Crippen LogP contribution in [0.5, 0.6) is 0 Å². The minimum atomic E-state index is -1.05. The lowest BCUT2D eigenvalue weighted by molar-refractivity contribution is -0.166. The molecule has 0 amide bonds. The molecule has 0 radical (unpaired) electrons. The third-order valence-electron chi connectivity index (χ3n) is 5.77. The number of hydrogen-bond donors (Lipinski definition) is 2. The Bertz CT molecular complexity index is 1070. The smallest absolute Gasteiger partial charge is 0.303 e. The molecule has 0 bridgehead atoms. The van der Waals surface area contributed by atoms with Gasteiger partial charge in [-0.05, 0) is 19.3 Å². The fourth-order valence-corrected chi connectivity index (χ4v) is 4.34. The maximum atomic E-state index is 11.9. The van der Waals surface area contributed by atoms with Crippen molar-refractivity contribution in [3.63, 3.8) is 0 Å². The number of fused-ring (bicyclic) bond motifs is 1. The molecule has 0 aromatic carbocycles. The predicted octanol–water partition coefficient (Wildman–Crippen LogP) is 0.475. The summed E-state index contributed by atoms with van der Waals surface area (Å²) in [5.41, 5.74) is 0.807. The van der Waals surface area contributed by atoms with E-state index in [-0.39, 0.29) is 12.6 Å². The van der Waals surface area contributed by atoms with Crippen molar-refractivity contribution in [2.45, 2.75) is 76.7 Å². The van der Waals surface area contributed by atoms with Gasteiger partial charge in [-0.1, -0.05) is 0 Å². The molecular weight excluding hydrogens is 450 g/mol. The molecule has 4 rings (SSSR count). The van der Waals surface area contributed by atoms with Crippen molar-refractivity contribution < 1.29 is 38.4 Å². The molecule has 6 atom stereocenters. The Labute approximate surface area is 194 Å². The number of nitrogens with one attached hydrogen (secondary N) is 1. The number of aliphatic hydroxyl groups is 1. The van der Waals surface area contributed by atoms with Gasteiger partial charge in [0.1, 0.15) is 19.0 Å². The number of aromatic nitrogens is 4. The minimum absolute atomic E-state index is 0.152. The van der Waals surface area contributed by atoms with Crippen LogP contribution in [0.4, 0.5) is 5.82 Å². The molecule has 2 N–H and O–H groups in total. The Kier molecular flexibility index (Phi) is 6.93. The molecule has 0 spiro atoms. The highest BCUT2D eigenvalue weighted by molar-refractivity contribution is 5.83. The summed E-state index contributed by atoms with van der Waals surface area (Å²) in [6.45, 7) is 3.48. The summed E-state index contributed by atoms with van der Waals surface area (Å²) in [5.74, 6) is -1.31. The molecule has 1 aliphatic heterocycles. The van der Waals surface area contributed by atoms with Crippen LogP contribution in [-0.2, 0) is 33.3 Å². The van der Waals surface area contributed by atoms with Crippen LogP contribution in [0.1, 0.15) is 46.3 Å². The van der Waals surface area contributed by atoms with Gasteiger partial charge in [0.15, 0.2) is 35.4 Å². The first-order valence-electron chi connectivity index (χ1n) is 11.0. The topological polar surface area (TPSA) is 164 Å². The number of carbonyl (C=O) groups is 3. The summed E-state index contributed by atoms with van der Waals surface area (Å²) in [6, 6.07) is -0.152. The average molecular weight is 477 g/mol. The summed E-state index contributed by atoms with van der Waals surface area (Å²) < 4.78 is 23.5. The van der Waals surface area contributed by atoms with Crippen LogP contribution < -0.4 is 5.32 Å². The molecular formula is C21H27N5O8. The highest BCUT2D eigenvalue weighted by atomic mass is 16.7. The van der Waals surface area contributed by atoms with Crippen molar-refractivity contribution in [3.05, 3.63) is 12.7 Å². The van der Waals surface area contributed by atoms with Crippen molar-refractivity contribution in [2.75, 3.05) is 11.9 Å². The van der Waals surface area contributed by atoms with Gasteiger partial charge < -0.3 is 29.4 Å². The molecule has 13 nitrogen and oxygen atoms in total. The number of carbonyl (C=O) groups excluding carboxylic acids is 3. The first-order valence-corrected chi connectivity index (χ1v) is 11.0. The Morgan fingerprint density at radius 1 is 1.09 bits per heavy atom. The number of nitrogens with zero attached hydrogens (tertiary/aromatic N) is 4. The van der Waals surface area contributed by atoms with E-state index < -0.39 is 48.6 Å². The summed E-state index contributed by atoms with van der Waals surface area (Å²) in [6.07, 6.45) is 0.783. The molecule has 1 saturated heterocycles. The Balaban J connectivity index is 1.68. The highest BCUT2D eigenvalue weighted by Crippen LogP contribution is 2.36. The fraction of sp³-hybridized carbons (Fsp3) is 0.619. The maximum Gasteiger partial charge on any atom is 0.303 e. The number of aliphatic hydroxyl groups excluding tert-OH is 1. The van der Waals surface area contributed by atoms with Crippen molar-refractivity contribution in [1.29, 1.82) is 0 Å². The second kappa shape index (κ2) is 9.89. The van der Waals surface area contributed by atoms with Crippen molar-refractivity contribution >= 4 is 34.9 Å². The number of hydrogen-bond acceptors (Lipinski definition) is 12. The normalized spacial score (nSPS) is 28.6. The molecule has 2 aromatic heterocycles. The van der Waals surface area contributed by atoms with Gasteiger partial charge >= 0.3 is 17.9 Å². The molecule has 0 unspecified atom stereocenters. The van der Waals surface area contributed by atoms with Crippen molar-refractivity contribution in [1.82, 2.24) is 19.5 Å². The van der Waals surface area contributed by atoms with E-state index in [9.17, 15) is 19.5 Å². The molecule has 3 heterocycles. The third-order valence-corrected chi connectivity index (χ3v) is 5.77. The fourth-order valence-electron chi connectivity index (χ4n) is 4.34. The molecule has 184 valence electrons. The number of imidazole rings is 1. The molecule has 1 saturated carbocycles. The van der Waals surface area contributed by atoms with E-state index in [0.717, 1.165) is 12.8 Å². The average Bonchev–Trinajstić information content (AvgIpc) is 3.45. The zero-order valence-corrected chi connectivity index (χ0v) is 19.0. The molecule has 2 aromatic rings. The number of rotatable bonds is 7.